The Balaban J connectivity index is 1.92. The number of hydrogen-bond acceptors (Lipinski definition) is 3. The highest BCUT2D eigenvalue weighted by Gasteiger charge is 2.15. The molecule has 0 atom stereocenters. The van der Waals surface area contributed by atoms with E-state index in [9.17, 15) is 9.18 Å². The fraction of sp³-hybridized carbons (Fsp3) is 0.353. The Kier molecular flexibility index (Phi) is 6.57. The summed E-state index contributed by atoms with van der Waals surface area (Å²) in [5, 5.41) is 0. The summed E-state index contributed by atoms with van der Waals surface area (Å²) in [7, 11) is 1.70. The van der Waals surface area contributed by atoms with Crippen LogP contribution < -0.4 is 0 Å². The molecule has 1 aromatic carbocycles. The zero-order valence-corrected chi connectivity index (χ0v) is 14.8. The van der Waals surface area contributed by atoms with Gasteiger partial charge < -0.3 is 4.90 Å². The second-order valence-corrected chi connectivity index (χ2v) is 7.15. The Morgan fingerprint density at radius 1 is 1.22 bits per heavy atom. The third-order valence-corrected chi connectivity index (χ3v) is 4.82. The number of hydrogen-bond donors (Lipinski definition) is 0. The smallest absolute Gasteiger partial charge is 0.236 e. The molecule has 1 amide bonds. The minimum Gasteiger partial charge on any atom is -0.340 e. The van der Waals surface area contributed by atoms with Crippen LogP contribution >= 0.6 is 22.9 Å². The molecule has 23 heavy (non-hydrogen) atoms. The molecule has 0 aliphatic carbocycles. The van der Waals surface area contributed by atoms with Crippen LogP contribution in [0.3, 0.4) is 0 Å². The van der Waals surface area contributed by atoms with E-state index >= 15 is 0 Å². The van der Waals surface area contributed by atoms with E-state index in [1.165, 1.54) is 17.4 Å². The molecule has 0 fully saturated rings. The first-order valence-corrected chi connectivity index (χ1v) is 8.63. The summed E-state index contributed by atoms with van der Waals surface area (Å²) in [6.45, 7) is 4.03. The average Bonchev–Trinajstić information content (AvgIpc) is 2.93. The Labute approximate surface area is 145 Å². The van der Waals surface area contributed by atoms with Crippen LogP contribution in [-0.4, -0.2) is 35.8 Å². The van der Waals surface area contributed by atoms with Crippen molar-refractivity contribution in [1.82, 2.24) is 9.80 Å². The molecule has 1 heterocycles. The summed E-state index contributed by atoms with van der Waals surface area (Å²) in [6, 6.07) is 10.4. The molecule has 124 valence electrons. The van der Waals surface area contributed by atoms with Crippen LogP contribution in [0.25, 0.3) is 0 Å². The summed E-state index contributed by atoms with van der Waals surface area (Å²) >= 11 is 7.46. The standard InChI is InChI=1S/C17H20ClFN2OS/c1-3-21(11-14-8-9-16(18)23-14)12-17(22)20(2)10-13-6-4-5-7-15(13)19/h4-9H,3,10-12H2,1-2H3. The van der Waals surface area contributed by atoms with Gasteiger partial charge in [-0.2, -0.15) is 0 Å². The van der Waals surface area contributed by atoms with Gasteiger partial charge in [0.1, 0.15) is 5.82 Å². The van der Waals surface area contributed by atoms with Gasteiger partial charge in [0.15, 0.2) is 0 Å². The number of halogens is 2. The highest BCUT2D eigenvalue weighted by Crippen LogP contribution is 2.22. The molecule has 2 rings (SSSR count). The summed E-state index contributed by atoms with van der Waals surface area (Å²) < 4.78 is 14.4. The number of rotatable bonds is 7. The average molecular weight is 355 g/mol. The lowest BCUT2D eigenvalue weighted by Crippen LogP contribution is -2.37. The predicted octanol–water partition coefficient (Wildman–Crippen LogP) is 4.02. The van der Waals surface area contributed by atoms with Crippen molar-refractivity contribution in [2.24, 2.45) is 0 Å². The van der Waals surface area contributed by atoms with Crippen molar-refractivity contribution in [3.8, 4) is 0 Å². The molecule has 0 saturated carbocycles. The second-order valence-electron chi connectivity index (χ2n) is 5.35. The van der Waals surface area contributed by atoms with Crippen molar-refractivity contribution in [1.29, 1.82) is 0 Å². The zero-order chi connectivity index (χ0) is 16.8. The first kappa shape index (κ1) is 17.9. The molecule has 1 aromatic heterocycles. The van der Waals surface area contributed by atoms with Crippen LogP contribution in [0.1, 0.15) is 17.4 Å². The van der Waals surface area contributed by atoms with Gasteiger partial charge in [-0.05, 0) is 24.7 Å². The molecule has 0 aliphatic rings. The number of benzene rings is 1. The van der Waals surface area contributed by atoms with E-state index in [1.54, 1.807) is 30.1 Å². The minimum absolute atomic E-state index is 0.0299. The maximum absolute atomic E-state index is 13.7. The lowest BCUT2D eigenvalue weighted by atomic mass is 10.2. The van der Waals surface area contributed by atoms with Gasteiger partial charge in [-0.15, -0.1) is 11.3 Å². The highest BCUT2D eigenvalue weighted by atomic mass is 35.5. The van der Waals surface area contributed by atoms with Gasteiger partial charge >= 0.3 is 0 Å². The van der Waals surface area contributed by atoms with Gasteiger partial charge in [-0.25, -0.2) is 4.39 Å². The van der Waals surface area contributed by atoms with E-state index < -0.39 is 0 Å². The van der Waals surface area contributed by atoms with Gasteiger partial charge in [-0.3, -0.25) is 9.69 Å². The first-order valence-electron chi connectivity index (χ1n) is 7.43. The molecule has 3 nitrogen and oxygen atoms in total. The first-order chi connectivity index (χ1) is 11.0. The largest absolute Gasteiger partial charge is 0.340 e. The Bertz CT molecular complexity index is 662. The van der Waals surface area contributed by atoms with Crippen molar-refractivity contribution >= 4 is 28.8 Å². The number of thiophene rings is 1. The fourth-order valence-corrected chi connectivity index (χ4v) is 3.35. The summed E-state index contributed by atoms with van der Waals surface area (Å²) in [4.78, 5) is 17.1. The van der Waals surface area contributed by atoms with Crippen LogP contribution in [0.2, 0.25) is 4.34 Å². The predicted molar refractivity (Wildman–Crippen MR) is 93.2 cm³/mol. The SMILES string of the molecule is CCN(CC(=O)N(C)Cc1ccccc1F)Cc1ccc(Cl)s1. The number of nitrogens with zero attached hydrogens (tertiary/aromatic N) is 2. The van der Waals surface area contributed by atoms with E-state index in [2.05, 4.69) is 0 Å². The number of amides is 1. The third kappa shape index (κ3) is 5.30. The molecule has 0 N–H and O–H groups in total. The maximum atomic E-state index is 13.7. The van der Waals surface area contributed by atoms with Crippen molar-refractivity contribution in [3.63, 3.8) is 0 Å². The number of carbonyl (C=O) groups is 1. The Morgan fingerprint density at radius 3 is 2.57 bits per heavy atom. The molecule has 2 aromatic rings. The van der Waals surface area contributed by atoms with Crippen molar-refractivity contribution in [3.05, 3.63) is 57.0 Å². The van der Waals surface area contributed by atoms with Gasteiger partial charge in [0.25, 0.3) is 0 Å². The summed E-state index contributed by atoms with van der Waals surface area (Å²) in [5.41, 5.74) is 0.524. The molecule has 0 aliphatic heterocycles. The lowest BCUT2D eigenvalue weighted by molar-refractivity contribution is -0.131. The van der Waals surface area contributed by atoms with Crippen molar-refractivity contribution in [2.75, 3.05) is 20.1 Å². The minimum atomic E-state index is -0.285. The maximum Gasteiger partial charge on any atom is 0.236 e. The van der Waals surface area contributed by atoms with Gasteiger partial charge in [0.2, 0.25) is 5.91 Å². The number of carbonyl (C=O) groups excluding carboxylic acids is 1. The lowest BCUT2D eigenvalue weighted by Gasteiger charge is -2.23. The fourth-order valence-electron chi connectivity index (χ4n) is 2.22. The number of likely N-dealkylation sites (N-methyl/N-ethyl adjacent to an activating group) is 2. The van der Waals surface area contributed by atoms with E-state index in [0.29, 0.717) is 18.7 Å². The third-order valence-electron chi connectivity index (χ3n) is 3.61. The molecular weight excluding hydrogens is 335 g/mol. The topological polar surface area (TPSA) is 23.6 Å². The molecule has 0 unspecified atom stereocenters. The van der Waals surface area contributed by atoms with E-state index in [1.807, 2.05) is 24.0 Å². The van der Waals surface area contributed by atoms with Crippen LogP contribution in [0.4, 0.5) is 4.39 Å². The Morgan fingerprint density at radius 2 is 1.96 bits per heavy atom. The van der Waals surface area contributed by atoms with Gasteiger partial charge in [0, 0.05) is 30.6 Å². The van der Waals surface area contributed by atoms with Crippen molar-refractivity contribution in [2.45, 2.75) is 20.0 Å². The molecular formula is C17H20ClFN2OS. The zero-order valence-electron chi connectivity index (χ0n) is 13.3. The second kappa shape index (κ2) is 8.43. The van der Waals surface area contributed by atoms with E-state index in [0.717, 1.165) is 15.8 Å². The molecule has 0 bridgehead atoms. The van der Waals surface area contributed by atoms with Gasteiger partial charge in [0.05, 0.1) is 10.9 Å². The molecule has 0 radical (unpaired) electrons. The normalized spacial score (nSPS) is 11.0. The van der Waals surface area contributed by atoms with Crippen LogP contribution in [0.15, 0.2) is 36.4 Å². The van der Waals surface area contributed by atoms with E-state index in [4.69, 9.17) is 11.6 Å². The highest BCUT2D eigenvalue weighted by molar-refractivity contribution is 7.16. The van der Waals surface area contributed by atoms with Crippen LogP contribution in [-0.2, 0) is 17.9 Å². The Hall–Kier alpha value is -1.43. The molecule has 0 saturated heterocycles. The summed E-state index contributed by atoms with van der Waals surface area (Å²) in [5.74, 6) is -0.314. The van der Waals surface area contributed by atoms with Crippen molar-refractivity contribution < 1.29 is 9.18 Å². The summed E-state index contributed by atoms with van der Waals surface area (Å²) in [6.07, 6.45) is 0. The van der Waals surface area contributed by atoms with Crippen LogP contribution in [0, 0.1) is 5.82 Å². The quantitative estimate of drug-likeness (QED) is 0.749. The van der Waals surface area contributed by atoms with Crippen LogP contribution in [0.5, 0.6) is 0 Å². The molecule has 6 heteroatoms. The van der Waals surface area contributed by atoms with E-state index in [-0.39, 0.29) is 18.3 Å². The monoisotopic (exact) mass is 354 g/mol. The molecule has 0 spiro atoms. The van der Waals surface area contributed by atoms with Gasteiger partial charge in [-0.1, -0.05) is 36.7 Å².